The van der Waals surface area contributed by atoms with Gasteiger partial charge in [-0.25, -0.2) is 0 Å². The summed E-state index contributed by atoms with van der Waals surface area (Å²) in [7, 11) is 0. The zero-order valence-electron chi connectivity index (χ0n) is 12.2. The first-order valence-corrected chi connectivity index (χ1v) is 6.78. The Balaban J connectivity index is 1.98. The summed E-state index contributed by atoms with van der Waals surface area (Å²) in [6.07, 6.45) is 3.92. The van der Waals surface area contributed by atoms with E-state index < -0.39 is 0 Å². The molecule has 2 rings (SSSR count). The summed E-state index contributed by atoms with van der Waals surface area (Å²) in [5.74, 6) is 0.0453. The molecule has 3 nitrogen and oxygen atoms in total. The Hall–Kier alpha value is -2.16. The minimum atomic E-state index is 0.0453. The highest BCUT2D eigenvalue weighted by atomic mass is 16.1. The van der Waals surface area contributed by atoms with Crippen LogP contribution < -0.4 is 5.32 Å². The van der Waals surface area contributed by atoms with Crippen molar-refractivity contribution in [1.29, 1.82) is 0 Å². The van der Waals surface area contributed by atoms with Crippen molar-refractivity contribution in [2.45, 2.75) is 33.7 Å². The van der Waals surface area contributed by atoms with Gasteiger partial charge in [-0.15, -0.1) is 0 Å². The van der Waals surface area contributed by atoms with Gasteiger partial charge in [-0.1, -0.05) is 23.8 Å². The highest BCUT2D eigenvalue weighted by molar-refractivity contribution is 5.79. The maximum absolute atomic E-state index is 12.0. The quantitative estimate of drug-likeness (QED) is 0.926. The smallest absolute Gasteiger partial charge is 0.224 e. The number of amides is 1. The number of nitrogens with zero attached hydrogens (tertiary/aromatic N) is 1. The summed E-state index contributed by atoms with van der Waals surface area (Å²) in [6.45, 7) is 6.72. The van der Waals surface area contributed by atoms with E-state index in [1.165, 1.54) is 16.7 Å². The standard InChI is InChI=1S/C17H20N2O/c1-12-7-13(2)16(14(3)8-12)9-17(20)19-11-15-5-4-6-18-10-15/h4-8,10H,9,11H2,1-3H3,(H,19,20). The van der Waals surface area contributed by atoms with Gasteiger partial charge in [0.15, 0.2) is 0 Å². The Kier molecular flexibility index (Phi) is 4.51. The maximum atomic E-state index is 12.0. The summed E-state index contributed by atoms with van der Waals surface area (Å²) in [4.78, 5) is 16.1. The van der Waals surface area contributed by atoms with Crippen LogP contribution in [-0.2, 0) is 17.8 Å². The molecule has 0 aliphatic carbocycles. The third kappa shape index (κ3) is 3.67. The molecule has 20 heavy (non-hydrogen) atoms. The normalized spacial score (nSPS) is 10.3. The molecule has 2 aromatic rings. The van der Waals surface area contributed by atoms with Gasteiger partial charge >= 0.3 is 0 Å². The third-order valence-corrected chi connectivity index (χ3v) is 3.39. The Morgan fingerprint density at radius 3 is 2.50 bits per heavy atom. The van der Waals surface area contributed by atoms with E-state index in [2.05, 4.69) is 43.2 Å². The largest absolute Gasteiger partial charge is 0.352 e. The van der Waals surface area contributed by atoms with Crippen molar-refractivity contribution >= 4 is 5.91 Å². The molecule has 0 aliphatic rings. The van der Waals surface area contributed by atoms with E-state index in [0.717, 1.165) is 11.1 Å². The lowest BCUT2D eigenvalue weighted by atomic mass is 9.97. The highest BCUT2D eigenvalue weighted by Crippen LogP contribution is 2.16. The minimum Gasteiger partial charge on any atom is -0.352 e. The second kappa shape index (κ2) is 6.33. The first-order valence-electron chi connectivity index (χ1n) is 6.78. The lowest BCUT2D eigenvalue weighted by Crippen LogP contribution is -2.25. The fourth-order valence-corrected chi connectivity index (χ4v) is 2.42. The van der Waals surface area contributed by atoms with E-state index in [4.69, 9.17) is 0 Å². The number of carbonyl (C=O) groups is 1. The molecular formula is C17H20N2O. The Bertz CT molecular complexity index is 583. The minimum absolute atomic E-state index is 0.0453. The van der Waals surface area contributed by atoms with Crippen molar-refractivity contribution in [3.8, 4) is 0 Å². The number of hydrogen-bond donors (Lipinski definition) is 1. The maximum Gasteiger partial charge on any atom is 0.224 e. The number of benzene rings is 1. The molecule has 0 saturated heterocycles. The Morgan fingerprint density at radius 2 is 1.90 bits per heavy atom. The summed E-state index contributed by atoms with van der Waals surface area (Å²) < 4.78 is 0. The van der Waals surface area contributed by atoms with E-state index >= 15 is 0 Å². The molecule has 0 fully saturated rings. The van der Waals surface area contributed by atoms with Gasteiger partial charge in [-0.3, -0.25) is 9.78 Å². The molecule has 0 bridgehead atoms. The SMILES string of the molecule is Cc1cc(C)c(CC(=O)NCc2cccnc2)c(C)c1. The van der Waals surface area contributed by atoms with Crippen LogP contribution in [0.15, 0.2) is 36.7 Å². The van der Waals surface area contributed by atoms with E-state index in [0.29, 0.717) is 13.0 Å². The van der Waals surface area contributed by atoms with Gasteiger partial charge in [-0.05, 0) is 49.1 Å². The van der Waals surface area contributed by atoms with Crippen molar-refractivity contribution in [2.24, 2.45) is 0 Å². The molecule has 1 N–H and O–H groups in total. The Labute approximate surface area is 120 Å². The van der Waals surface area contributed by atoms with Crippen LogP contribution in [0.3, 0.4) is 0 Å². The predicted octanol–water partition coefficient (Wildman–Crippen LogP) is 2.87. The van der Waals surface area contributed by atoms with Crippen LogP contribution >= 0.6 is 0 Å². The van der Waals surface area contributed by atoms with Crippen molar-refractivity contribution < 1.29 is 4.79 Å². The van der Waals surface area contributed by atoms with Crippen molar-refractivity contribution in [3.05, 3.63) is 64.5 Å². The summed E-state index contributed by atoms with van der Waals surface area (Å²) in [6, 6.07) is 8.07. The zero-order chi connectivity index (χ0) is 14.5. The average Bonchev–Trinajstić information content (AvgIpc) is 2.42. The van der Waals surface area contributed by atoms with Crippen LogP contribution in [0, 0.1) is 20.8 Å². The van der Waals surface area contributed by atoms with Gasteiger partial charge in [-0.2, -0.15) is 0 Å². The lowest BCUT2D eigenvalue weighted by molar-refractivity contribution is -0.120. The summed E-state index contributed by atoms with van der Waals surface area (Å²) in [5.41, 5.74) is 5.73. The molecule has 1 aromatic carbocycles. The second-order valence-corrected chi connectivity index (χ2v) is 5.19. The molecule has 0 unspecified atom stereocenters. The van der Waals surface area contributed by atoms with Crippen LogP contribution in [-0.4, -0.2) is 10.9 Å². The molecule has 104 valence electrons. The topological polar surface area (TPSA) is 42.0 Å². The summed E-state index contributed by atoms with van der Waals surface area (Å²) >= 11 is 0. The molecule has 0 saturated carbocycles. The van der Waals surface area contributed by atoms with Gasteiger partial charge in [0.05, 0.1) is 6.42 Å². The van der Waals surface area contributed by atoms with Crippen LogP contribution in [0.2, 0.25) is 0 Å². The van der Waals surface area contributed by atoms with E-state index in [-0.39, 0.29) is 5.91 Å². The van der Waals surface area contributed by atoms with Crippen LogP contribution in [0.5, 0.6) is 0 Å². The number of carbonyl (C=O) groups excluding carboxylic acids is 1. The van der Waals surface area contributed by atoms with Gasteiger partial charge in [0.25, 0.3) is 0 Å². The fourth-order valence-electron chi connectivity index (χ4n) is 2.42. The average molecular weight is 268 g/mol. The number of aryl methyl sites for hydroxylation is 3. The summed E-state index contributed by atoms with van der Waals surface area (Å²) in [5, 5.41) is 2.94. The molecule has 1 heterocycles. The van der Waals surface area contributed by atoms with Crippen molar-refractivity contribution in [3.63, 3.8) is 0 Å². The molecular weight excluding hydrogens is 248 g/mol. The highest BCUT2D eigenvalue weighted by Gasteiger charge is 2.09. The number of nitrogens with one attached hydrogen (secondary N) is 1. The lowest BCUT2D eigenvalue weighted by Gasteiger charge is -2.11. The monoisotopic (exact) mass is 268 g/mol. The molecule has 1 amide bonds. The van der Waals surface area contributed by atoms with Gasteiger partial charge in [0.1, 0.15) is 0 Å². The van der Waals surface area contributed by atoms with Crippen LogP contribution in [0.25, 0.3) is 0 Å². The molecule has 3 heteroatoms. The first kappa shape index (κ1) is 14.3. The van der Waals surface area contributed by atoms with E-state index in [1.54, 1.807) is 12.4 Å². The van der Waals surface area contributed by atoms with E-state index in [9.17, 15) is 4.79 Å². The first-order chi connectivity index (χ1) is 9.56. The number of aromatic nitrogens is 1. The van der Waals surface area contributed by atoms with Crippen molar-refractivity contribution in [2.75, 3.05) is 0 Å². The van der Waals surface area contributed by atoms with Gasteiger partial charge < -0.3 is 5.32 Å². The number of hydrogen-bond acceptors (Lipinski definition) is 2. The molecule has 0 spiro atoms. The number of rotatable bonds is 4. The fraction of sp³-hybridized carbons (Fsp3) is 0.294. The van der Waals surface area contributed by atoms with Crippen LogP contribution in [0.4, 0.5) is 0 Å². The van der Waals surface area contributed by atoms with Gasteiger partial charge in [0, 0.05) is 18.9 Å². The molecule has 0 atom stereocenters. The second-order valence-electron chi connectivity index (χ2n) is 5.19. The molecule has 0 aliphatic heterocycles. The number of pyridine rings is 1. The Morgan fingerprint density at radius 1 is 1.20 bits per heavy atom. The molecule has 1 aromatic heterocycles. The zero-order valence-corrected chi connectivity index (χ0v) is 12.2. The van der Waals surface area contributed by atoms with Crippen LogP contribution in [0.1, 0.15) is 27.8 Å². The third-order valence-electron chi connectivity index (χ3n) is 3.39. The molecule has 0 radical (unpaired) electrons. The predicted molar refractivity (Wildman–Crippen MR) is 80.4 cm³/mol. The van der Waals surface area contributed by atoms with E-state index in [1.807, 2.05) is 12.1 Å². The van der Waals surface area contributed by atoms with Crippen molar-refractivity contribution in [1.82, 2.24) is 10.3 Å². The van der Waals surface area contributed by atoms with Gasteiger partial charge in [0.2, 0.25) is 5.91 Å².